The summed E-state index contributed by atoms with van der Waals surface area (Å²) >= 11 is 0. The number of hydrogen-bond acceptors (Lipinski definition) is 6. The number of pyridine rings is 1. The standard InChI is InChI=1S/C15H24N4O3S/c1-19(2)8-3-6-17-15(20)12-4-7-16-14(10-12)18-13-5-9-23(21,22)11-13/h4,7,10,13H,3,5-6,8-9,11H2,1-2H3,(H,16,18)(H,17,20). The van der Waals surface area contributed by atoms with E-state index in [1.165, 1.54) is 0 Å². The van der Waals surface area contributed by atoms with Crippen molar-refractivity contribution in [3.63, 3.8) is 0 Å². The molecule has 1 aliphatic heterocycles. The Morgan fingerprint density at radius 3 is 2.87 bits per heavy atom. The summed E-state index contributed by atoms with van der Waals surface area (Å²) in [6.07, 6.45) is 3.01. The van der Waals surface area contributed by atoms with Crippen LogP contribution in [0.2, 0.25) is 0 Å². The van der Waals surface area contributed by atoms with Crippen molar-refractivity contribution in [1.82, 2.24) is 15.2 Å². The molecule has 0 aromatic carbocycles. The maximum atomic E-state index is 12.1. The van der Waals surface area contributed by atoms with Gasteiger partial charge in [0.2, 0.25) is 0 Å². The molecule has 1 aromatic heterocycles. The molecule has 1 aliphatic rings. The second-order valence-electron chi connectivity index (χ2n) is 6.09. The van der Waals surface area contributed by atoms with E-state index < -0.39 is 9.84 Å². The minimum absolute atomic E-state index is 0.121. The van der Waals surface area contributed by atoms with Crippen molar-refractivity contribution >= 4 is 21.6 Å². The number of nitrogens with zero attached hydrogens (tertiary/aromatic N) is 2. The van der Waals surface area contributed by atoms with Crippen molar-refractivity contribution in [1.29, 1.82) is 0 Å². The molecule has 0 spiro atoms. The van der Waals surface area contributed by atoms with Crippen LogP contribution >= 0.6 is 0 Å². The Morgan fingerprint density at radius 2 is 2.22 bits per heavy atom. The van der Waals surface area contributed by atoms with E-state index in [1.807, 2.05) is 14.1 Å². The molecule has 7 nitrogen and oxygen atoms in total. The van der Waals surface area contributed by atoms with Crippen LogP contribution in [0.5, 0.6) is 0 Å². The Kier molecular flexibility index (Phi) is 5.95. The number of anilines is 1. The van der Waals surface area contributed by atoms with Gasteiger partial charge < -0.3 is 15.5 Å². The highest BCUT2D eigenvalue weighted by atomic mass is 32.2. The molecule has 0 bridgehead atoms. The van der Waals surface area contributed by atoms with Crippen molar-refractivity contribution in [3.8, 4) is 0 Å². The van der Waals surface area contributed by atoms with E-state index in [0.717, 1.165) is 13.0 Å². The van der Waals surface area contributed by atoms with Crippen molar-refractivity contribution < 1.29 is 13.2 Å². The Labute approximate surface area is 137 Å². The zero-order valence-corrected chi connectivity index (χ0v) is 14.4. The highest BCUT2D eigenvalue weighted by molar-refractivity contribution is 7.91. The van der Waals surface area contributed by atoms with Crippen LogP contribution in [0.1, 0.15) is 23.2 Å². The summed E-state index contributed by atoms with van der Waals surface area (Å²) in [5.74, 6) is 0.716. The molecule has 1 atom stereocenters. The lowest BCUT2D eigenvalue weighted by Gasteiger charge is -2.13. The van der Waals surface area contributed by atoms with Crippen LogP contribution in [0.15, 0.2) is 18.3 Å². The summed E-state index contributed by atoms with van der Waals surface area (Å²) in [5, 5.41) is 5.97. The minimum atomic E-state index is -2.94. The predicted molar refractivity (Wildman–Crippen MR) is 90.4 cm³/mol. The zero-order chi connectivity index (χ0) is 16.9. The van der Waals surface area contributed by atoms with Crippen molar-refractivity contribution in [2.24, 2.45) is 0 Å². The number of nitrogens with one attached hydrogen (secondary N) is 2. The third-order valence-corrected chi connectivity index (χ3v) is 5.44. The molecule has 23 heavy (non-hydrogen) atoms. The topological polar surface area (TPSA) is 91.4 Å². The van der Waals surface area contributed by atoms with Gasteiger partial charge in [-0.05, 0) is 45.6 Å². The molecule has 2 rings (SSSR count). The predicted octanol–water partition coefficient (Wildman–Crippen LogP) is 0.362. The molecule has 1 amide bonds. The van der Waals surface area contributed by atoms with Crippen LogP contribution in [0.3, 0.4) is 0 Å². The molecular formula is C15H24N4O3S. The Morgan fingerprint density at radius 1 is 1.43 bits per heavy atom. The quantitative estimate of drug-likeness (QED) is 0.697. The molecule has 1 unspecified atom stereocenters. The number of carbonyl (C=O) groups is 1. The van der Waals surface area contributed by atoms with Gasteiger partial charge in [0.15, 0.2) is 9.84 Å². The van der Waals surface area contributed by atoms with Crippen LogP contribution < -0.4 is 10.6 Å². The summed E-state index contributed by atoms with van der Waals surface area (Å²) in [4.78, 5) is 18.3. The van der Waals surface area contributed by atoms with E-state index >= 15 is 0 Å². The van der Waals surface area contributed by atoms with Crippen molar-refractivity contribution in [3.05, 3.63) is 23.9 Å². The second-order valence-corrected chi connectivity index (χ2v) is 8.32. The fourth-order valence-electron chi connectivity index (χ4n) is 2.47. The number of aromatic nitrogens is 1. The van der Waals surface area contributed by atoms with Gasteiger partial charge in [-0.25, -0.2) is 13.4 Å². The molecule has 1 saturated heterocycles. The average Bonchev–Trinajstić information content (AvgIpc) is 2.82. The van der Waals surface area contributed by atoms with Gasteiger partial charge in [-0.3, -0.25) is 4.79 Å². The monoisotopic (exact) mass is 340 g/mol. The van der Waals surface area contributed by atoms with Crippen LogP contribution in [-0.4, -0.2) is 68.9 Å². The number of hydrogen-bond donors (Lipinski definition) is 2. The van der Waals surface area contributed by atoms with E-state index in [2.05, 4.69) is 20.5 Å². The van der Waals surface area contributed by atoms with Gasteiger partial charge in [0.05, 0.1) is 11.5 Å². The highest BCUT2D eigenvalue weighted by Gasteiger charge is 2.27. The smallest absolute Gasteiger partial charge is 0.251 e. The molecule has 0 radical (unpaired) electrons. The van der Waals surface area contributed by atoms with Crippen molar-refractivity contribution in [2.75, 3.05) is 44.0 Å². The molecular weight excluding hydrogens is 316 g/mol. The van der Waals surface area contributed by atoms with E-state index in [1.54, 1.807) is 18.3 Å². The van der Waals surface area contributed by atoms with Crippen LogP contribution in [0.25, 0.3) is 0 Å². The first-order chi connectivity index (χ1) is 10.9. The normalized spacial score (nSPS) is 19.7. The summed E-state index contributed by atoms with van der Waals surface area (Å²) in [6.45, 7) is 1.53. The molecule has 0 aliphatic carbocycles. The maximum absolute atomic E-state index is 12.1. The fourth-order valence-corrected chi connectivity index (χ4v) is 4.14. The van der Waals surface area contributed by atoms with Gasteiger partial charge >= 0.3 is 0 Å². The minimum Gasteiger partial charge on any atom is -0.366 e. The first-order valence-electron chi connectivity index (χ1n) is 7.72. The number of sulfone groups is 1. The van der Waals surface area contributed by atoms with E-state index in [9.17, 15) is 13.2 Å². The lowest BCUT2D eigenvalue weighted by molar-refractivity contribution is 0.0952. The molecule has 2 N–H and O–H groups in total. The first-order valence-corrected chi connectivity index (χ1v) is 9.54. The van der Waals surface area contributed by atoms with E-state index in [-0.39, 0.29) is 23.5 Å². The van der Waals surface area contributed by atoms with Gasteiger partial charge in [-0.2, -0.15) is 0 Å². The molecule has 1 fully saturated rings. The third kappa shape index (κ3) is 5.80. The third-order valence-electron chi connectivity index (χ3n) is 3.67. The zero-order valence-electron chi connectivity index (χ0n) is 13.6. The van der Waals surface area contributed by atoms with Gasteiger partial charge in [0.25, 0.3) is 5.91 Å². The van der Waals surface area contributed by atoms with Crippen LogP contribution in [-0.2, 0) is 9.84 Å². The number of rotatable bonds is 7. The highest BCUT2D eigenvalue weighted by Crippen LogP contribution is 2.16. The SMILES string of the molecule is CN(C)CCCNC(=O)c1ccnc(NC2CCS(=O)(=O)C2)c1. The molecule has 2 heterocycles. The van der Waals surface area contributed by atoms with Gasteiger partial charge in [-0.1, -0.05) is 0 Å². The Bertz CT molecular complexity index is 646. The van der Waals surface area contributed by atoms with Gasteiger partial charge in [-0.15, -0.1) is 0 Å². The van der Waals surface area contributed by atoms with E-state index in [0.29, 0.717) is 24.3 Å². The summed E-state index contributed by atoms with van der Waals surface area (Å²) < 4.78 is 22.9. The van der Waals surface area contributed by atoms with E-state index in [4.69, 9.17) is 0 Å². The molecule has 0 saturated carbocycles. The van der Waals surface area contributed by atoms with Gasteiger partial charge in [0, 0.05) is 24.3 Å². The summed E-state index contributed by atoms with van der Waals surface area (Å²) in [7, 11) is 1.05. The van der Waals surface area contributed by atoms with Crippen LogP contribution in [0, 0.1) is 0 Å². The first kappa shape index (κ1) is 17.7. The van der Waals surface area contributed by atoms with Crippen LogP contribution in [0.4, 0.5) is 5.82 Å². The molecule has 128 valence electrons. The Hall–Kier alpha value is -1.67. The van der Waals surface area contributed by atoms with Crippen molar-refractivity contribution in [2.45, 2.75) is 18.9 Å². The fraction of sp³-hybridized carbons (Fsp3) is 0.600. The summed E-state index contributed by atoms with van der Waals surface area (Å²) in [6, 6.07) is 3.18. The largest absolute Gasteiger partial charge is 0.366 e. The van der Waals surface area contributed by atoms with Gasteiger partial charge in [0.1, 0.15) is 5.82 Å². The molecule has 1 aromatic rings. The lowest BCUT2D eigenvalue weighted by Crippen LogP contribution is -2.27. The lowest BCUT2D eigenvalue weighted by atomic mass is 10.2. The number of amides is 1. The summed E-state index contributed by atoms with van der Waals surface area (Å²) in [5.41, 5.74) is 0.521. The number of carbonyl (C=O) groups excluding carboxylic acids is 1. The average molecular weight is 340 g/mol. The second kappa shape index (κ2) is 7.74. The molecule has 8 heteroatoms. The Balaban J connectivity index is 1.88. The maximum Gasteiger partial charge on any atom is 0.251 e.